The summed E-state index contributed by atoms with van der Waals surface area (Å²) in [5.41, 5.74) is 2.65. The molecule has 230 valence electrons. The second-order valence-corrected chi connectivity index (χ2v) is 12.9. The van der Waals surface area contributed by atoms with Gasteiger partial charge in [-0.25, -0.2) is 13.6 Å². The van der Waals surface area contributed by atoms with E-state index >= 15 is 0 Å². The maximum Gasteiger partial charge on any atom is 0.335 e. The number of nitrogens with one attached hydrogen (secondary N) is 1. The first-order chi connectivity index (χ1) is 21.2. The van der Waals surface area contributed by atoms with E-state index in [0.29, 0.717) is 45.7 Å². The second kappa shape index (κ2) is 14.5. The molecule has 2 saturated heterocycles. The third kappa shape index (κ3) is 7.96. The van der Waals surface area contributed by atoms with Crippen molar-refractivity contribution in [3.05, 3.63) is 80.4 Å². The predicted octanol–water partition coefficient (Wildman–Crippen LogP) is 5.89. The van der Waals surface area contributed by atoms with Crippen LogP contribution in [0.25, 0.3) is 17.2 Å². The van der Waals surface area contributed by atoms with Gasteiger partial charge in [0.05, 0.1) is 23.7 Å². The maximum absolute atomic E-state index is 13.7. The lowest BCUT2D eigenvalue weighted by atomic mass is 10.0. The number of carbonyl (C=O) groups is 3. The average molecular weight is 658 g/mol. The van der Waals surface area contributed by atoms with Crippen LogP contribution in [-0.4, -0.2) is 76.4 Å². The number of rotatable bonds is 11. The van der Waals surface area contributed by atoms with Gasteiger partial charge in [0.2, 0.25) is 5.91 Å². The lowest BCUT2D eigenvalue weighted by Crippen LogP contribution is -2.37. The summed E-state index contributed by atoms with van der Waals surface area (Å²) >= 11 is 7.91. The molecule has 0 bridgehead atoms. The fourth-order valence-corrected chi connectivity index (χ4v) is 7.10. The minimum Gasteiger partial charge on any atom is -0.478 e. The number of thiocarbonyl (C=S) groups is 1. The fraction of sp³-hybridized carbons (Fsp3) is 0.290. The monoisotopic (exact) mass is 657 g/mol. The van der Waals surface area contributed by atoms with Crippen molar-refractivity contribution in [1.29, 1.82) is 0 Å². The van der Waals surface area contributed by atoms with E-state index in [4.69, 9.17) is 17.0 Å². The Balaban J connectivity index is 1.18. The standard InChI is InChI=1S/C31H29F2N3O5S3/c32-24-5-3-19(16-25(24)33)22-15-23(43-18-22)17-27-29(38)36(31(42)44-27)9-7-28(37)34-26-6-4-21(30(39)40)14-20(26)2-1-8-35-10-12-41-13-11-35/h3-6,14-18H,1-2,7-13H2,(H,34,37)(H,39,40)/b27-17-. The van der Waals surface area contributed by atoms with E-state index in [1.165, 1.54) is 28.4 Å². The van der Waals surface area contributed by atoms with Crippen LogP contribution in [-0.2, 0) is 20.7 Å². The zero-order valence-electron chi connectivity index (χ0n) is 23.5. The molecule has 1 aromatic heterocycles. The SMILES string of the molecule is O=C(CCN1C(=O)/C(=C/c2cc(-c3ccc(F)c(F)c3)cs2)SC1=S)Nc1ccc(C(=O)O)cc1CCCN1CCOCC1. The van der Waals surface area contributed by atoms with Crippen molar-refractivity contribution in [2.45, 2.75) is 19.3 Å². The van der Waals surface area contributed by atoms with E-state index in [-0.39, 0.29) is 30.3 Å². The Hall–Kier alpha value is -3.49. The van der Waals surface area contributed by atoms with E-state index in [2.05, 4.69) is 10.2 Å². The Labute approximate surface area is 266 Å². The number of nitrogens with zero attached hydrogens (tertiary/aromatic N) is 2. The number of halogens is 2. The van der Waals surface area contributed by atoms with Crippen molar-refractivity contribution in [3.63, 3.8) is 0 Å². The van der Waals surface area contributed by atoms with Crippen LogP contribution in [0.4, 0.5) is 14.5 Å². The number of morpholine rings is 1. The van der Waals surface area contributed by atoms with Crippen LogP contribution in [0.3, 0.4) is 0 Å². The number of thiophene rings is 1. The predicted molar refractivity (Wildman–Crippen MR) is 172 cm³/mol. The summed E-state index contributed by atoms with van der Waals surface area (Å²) in [6, 6.07) is 10.1. The highest BCUT2D eigenvalue weighted by atomic mass is 32.2. The van der Waals surface area contributed by atoms with Crippen LogP contribution >= 0.6 is 35.3 Å². The van der Waals surface area contributed by atoms with E-state index in [1.807, 2.05) is 0 Å². The number of carboxylic acids is 1. The van der Waals surface area contributed by atoms with Gasteiger partial charge in [-0.15, -0.1) is 11.3 Å². The molecule has 3 aromatic rings. The van der Waals surface area contributed by atoms with Gasteiger partial charge in [0.15, 0.2) is 11.6 Å². The lowest BCUT2D eigenvalue weighted by molar-refractivity contribution is -0.122. The topological polar surface area (TPSA) is 99.2 Å². The molecule has 0 aliphatic carbocycles. The van der Waals surface area contributed by atoms with Crippen LogP contribution in [0.2, 0.25) is 0 Å². The molecule has 13 heteroatoms. The van der Waals surface area contributed by atoms with Gasteiger partial charge in [0, 0.05) is 36.6 Å². The van der Waals surface area contributed by atoms with Gasteiger partial charge in [-0.3, -0.25) is 19.4 Å². The molecule has 0 unspecified atom stereocenters. The van der Waals surface area contributed by atoms with Crippen LogP contribution in [0.15, 0.2) is 52.7 Å². The molecule has 8 nitrogen and oxygen atoms in total. The number of carbonyl (C=O) groups excluding carboxylic acids is 2. The van der Waals surface area contributed by atoms with Crippen molar-refractivity contribution in [2.75, 3.05) is 44.7 Å². The van der Waals surface area contributed by atoms with Crippen molar-refractivity contribution < 1.29 is 33.0 Å². The van der Waals surface area contributed by atoms with Gasteiger partial charge in [0.1, 0.15) is 4.32 Å². The molecule has 0 spiro atoms. The first-order valence-electron chi connectivity index (χ1n) is 13.9. The number of amides is 2. The summed E-state index contributed by atoms with van der Waals surface area (Å²) in [7, 11) is 0. The van der Waals surface area contributed by atoms with Crippen molar-refractivity contribution in [2.24, 2.45) is 0 Å². The number of aromatic carboxylic acids is 1. The summed E-state index contributed by atoms with van der Waals surface area (Å²) < 4.78 is 32.7. The highest BCUT2D eigenvalue weighted by Gasteiger charge is 2.32. The summed E-state index contributed by atoms with van der Waals surface area (Å²) in [6.07, 6.45) is 3.07. The molecule has 0 saturated carbocycles. The molecule has 5 rings (SSSR count). The highest BCUT2D eigenvalue weighted by Crippen LogP contribution is 2.35. The molecule has 2 aliphatic rings. The van der Waals surface area contributed by atoms with Gasteiger partial charge >= 0.3 is 5.97 Å². The van der Waals surface area contributed by atoms with E-state index in [0.717, 1.165) is 60.4 Å². The van der Waals surface area contributed by atoms with E-state index in [1.54, 1.807) is 29.7 Å². The molecule has 2 aliphatic heterocycles. The molecule has 2 amide bonds. The number of carboxylic acid groups (broad SMARTS) is 1. The third-order valence-corrected chi connectivity index (χ3v) is 9.49. The van der Waals surface area contributed by atoms with E-state index < -0.39 is 17.6 Å². The van der Waals surface area contributed by atoms with Gasteiger partial charge in [-0.1, -0.05) is 30.0 Å². The zero-order valence-corrected chi connectivity index (χ0v) is 26.0. The summed E-state index contributed by atoms with van der Waals surface area (Å²) in [4.78, 5) is 42.4. The summed E-state index contributed by atoms with van der Waals surface area (Å²) in [5, 5.41) is 14.1. The fourth-order valence-electron chi connectivity index (χ4n) is 4.88. The Kier molecular flexibility index (Phi) is 10.5. The molecule has 0 radical (unpaired) electrons. The van der Waals surface area contributed by atoms with E-state index in [9.17, 15) is 28.3 Å². The minimum absolute atomic E-state index is 0.00704. The van der Waals surface area contributed by atoms with Crippen molar-refractivity contribution in [1.82, 2.24) is 9.80 Å². The first-order valence-corrected chi connectivity index (χ1v) is 16.0. The number of benzene rings is 2. The molecule has 3 heterocycles. The molecular weight excluding hydrogens is 629 g/mol. The van der Waals surface area contributed by atoms with Crippen LogP contribution in [0.1, 0.15) is 33.6 Å². The first kappa shape index (κ1) is 31.9. The number of aryl methyl sites for hydroxylation is 1. The molecule has 2 N–H and O–H groups in total. The Bertz CT molecular complexity index is 1620. The minimum atomic E-state index is -1.04. The Morgan fingerprint density at radius 2 is 1.84 bits per heavy atom. The van der Waals surface area contributed by atoms with Crippen LogP contribution in [0.5, 0.6) is 0 Å². The van der Waals surface area contributed by atoms with Gasteiger partial charge in [-0.05, 0) is 83.9 Å². The summed E-state index contributed by atoms with van der Waals surface area (Å²) in [6.45, 7) is 4.03. The average Bonchev–Trinajstić information content (AvgIpc) is 3.58. The third-order valence-electron chi connectivity index (χ3n) is 7.23. The number of hydrogen-bond acceptors (Lipinski definition) is 8. The molecule has 44 heavy (non-hydrogen) atoms. The van der Waals surface area contributed by atoms with Crippen LogP contribution < -0.4 is 5.32 Å². The summed E-state index contributed by atoms with van der Waals surface area (Å²) in [5.74, 6) is -3.53. The smallest absolute Gasteiger partial charge is 0.335 e. The highest BCUT2D eigenvalue weighted by molar-refractivity contribution is 8.26. The number of anilines is 1. The maximum atomic E-state index is 13.7. The zero-order chi connectivity index (χ0) is 31.2. The largest absolute Gasteiger partial charge is 0.478 e. The molecular formula is C31H29F2N3O5S3. The van der Waals surface area contributed by atoms with Crippen molar-refractivity contribution in [3.8, 4) is 11.1 Å². The Morgan fingerprint density at radius 3 is 2.59 bits per heavy atom. The van der Waals surface area contributed by atoms with Gasteiger partial charge in [-0.2, -0.15) is 0 Å². The number of thioether (sulfide) groups is 1. The quantitative estimate of drug-likeness (QED) is 0.195. The Morgan fingerprint density at radius 1 is 1.05 bits per heavy atom. The number of ether oxygens (including phenoxy) is 1. The lowest BCUT2D eigenvalue weighted by Gasteiger charge is -2.26. The van der Waals surface area contributed by atoms with Crippen molar-refractivity contribution >= 4 is 69.2 Å². The van der Waals surface area contributed by atoms with Gasteiger partial charge < -0.3 is 15.2 Å². The van der Waals surface area contributed by atoms with Gasteiger partial charge in [0.25, 0.3) is 5.91 Å². The molecule has 0 atom stereocenters. The normalized spacial score (nSPS) is 16.6. The molecule has 2 fully saturated rings. The van der Waals surface area contributed by atoms with Crippen LogP contribution in [0, 0.1) is 11.6 Å². The molecule has 2 aromatic carbocycles. The second-order valence-electron chi connectivity index (χ2n) is 10.2. The number of hydrogen-bond donors (Lipinski definition) is 2.